The first-order valence-electron chi connectivity index (χ1n) is 10.3. The lowest BCUT2D eigenvalue weighted by Gasteiger charge is -2.19. The standard InChI is InChI=1S/C24H27N3O3/c1-3-12-26-14-18(13-23(26)29)24-25-20-9-5-6-10-21(20)27(24)15-19(28)16-30-22-11-7-4-8-17(22)2/h3-11,18-19,28H,1,12-16H2,2H3/t18-,19+/m1/s1. The quantitative estimate of drug-likeness (QED) is 0.584. The van der Waals surface area contributed by atoms with Crippen molar-refractivity contribution in [1.82, 2.24) is 14.5 Å². The van der Waals surface area contributed by atoms with Crippen LogP contribution in [0, 0.1) is 6.92 Å². The molecule has 0 spiro atoms. The highest BCUT2D eigenvalue weighted by Crippen LogP contribution is 2.30. The number of aliphatic hydroxyl groups excluding tert-OH is 1. The molecule has 30 heavy (non-hydrogen) atoms. The summed E-state index contributed by atoms with van der Waals surface area (Å²) >= 11 is 0. The molecule has 4 rings (SSSR count). The Morgan fingerprint density at radius 1 is 1.27 bits per heavy atom. The van der Waals surface area contributed by atoms with Gasteiger partial charge in [0.2, 0.25) is 5.91 Å². The Hall–Kier alpha value is -3.12. The Morgan fingerprint density at radius 3 is 2.83 bits per heavy atom. The number of para-hydroxylation sites is 3. The van der Waals surface area contributed by atoms with Crippen molar-refractivity contribution >= 4 is 16.9 Å². The number of ether oxygens (including phenoxy) is 1. The Morgan fingerprint density at radius 2 is 2.03 bits per heavy atom. The van der Waals surface area contributed by atoms with E-state index in [1.54, 1.807) is 11.0 Å². The zero-order valence-electron chi connectivity index (χ0n) is 17.2. The number of carbonyl (C=O) groups is 1. The molecule has 156 valence electrons. The number of aryl methyl sites for hydroxylation is 1. The predicted molar refractivity (Wildman–Crippen MR) is 117 cm³/mol. The minimum Gasteiger partial charge on any atom is -0.491 e. The first kappa shape index (κ1) is 20.2. The molecule has 1 N–H and O–H groups in total. The lowest BCUT2D eigenvalue weighted by molar-refractivity contribution is -0.127. The third kappa shape index (κ3) is 4.09. The minimum atomic E-state index is -0.706. The normalized spacial score (nSPS) is 17.5. The molecule has 1 aliphatic rings. The van der Waals surface area contributed by atoms with Crippen LogP contribution in [0.3, 0.4) is 0 Å². The summed E-state index contributed by atoms with van der Waals surface area (Å²) in [5.74, 6) is 1.72. The van der Waals surface area contributed by atoms with E-state index in [-0.39, 0.29) is 18.4 Å². The van der Waals surface area contributed by atoms with Gasteiger partial charge in [0.15, 0.2) is 0 Å². The van der Waals surface area contributed by atoms with Gasteiger partial charge in [-0.15, -0.1) is 6.58 Å². The van der Waals surface area contributed by atoms with Gasteiger partial charge in [-0.3, -0.25) is 4.79 Å². The van der Waals surface area contributed by atoms with E-state index < -0.39 is 6.10 Å². The van der Waals surface area contributed by atoms with Gasteiger partial charge in [-0.1, -0.05) is 36.4 Å². The van der Waals surface area contributed by atoms with Crippen LogP contribution in [0.5, 0.6) is 5.75 Å². The summed E-state index contributed by atoms with van der Waals surface area (Å²) in [4.78, 5) is 19.0. The van der Waals surface area contributed by atoms with Crippen molar-refractivity contribution < 1.29 is 14.6 Å². The first-order valence-corrected chi connectivity index (χ1v) is 10.3. The van der Waals surface area contributed by atoms with Crippen LogP contribution in [-0.4, -0.2) is 51.3 Å². The number of hydrogen-bond donors (Lipinski definition) is 1. The van der Waals surface area contributed by atoms with Crippen molar-refractivity contribution in [2.75, 3.05) is 19.7 Å². The first-order chi connectivity index (χ1) is 14.6. The molecule has 1 saturated heterocycles. The van der Waals surface area contributed by atoms with Gasteiger partial charge in [0.05, 0.1) is 17.6 Å². The largest absolute Gasteiger partial charge is 0.491 e. The number of nitrogens with zero attached hydrogens (tertiary/aromatic N) is 3. The Kier molecular flexibility index (Phi) is 5.86. The second-order valence-electron chi connectivity index (χ2n) is 7.79. The fourth-order valence-corrected chi connectivity index (χ4v) is 4.04. The Bertz CT molecular complexity index is 1060. The number of likely N-dealkylation sites (tertiary alicyclic amines) is 1. The second-order valence-corrected chi connectivity index (χ2v) is 7.79. The minimum absolute atomic E-state index is 0.00524. The molecule has 1 fully saturated rings. The summed E-state index contributed by atoms with van der Waals surface area (Å²) < 4.78 is 7.87. The van der Waals surface area contributed by atoms with Gasteiger partial charge in [0.25, 0.3) is 0 Å². The van der Waals surface area contributed by atoms with Gasteiger partial charge in [0.1, 0.15) is 24.3 Å². The summed E-state index contributed by atoms with van der Waals surface area (Å²) in [7, 11) is 0. The van der Waals surface area contributed by atoms with Crippen LogP contribution in [0.2, 0.25) is 0 Å². The monoisotopic (exact) mass is 405 g/mol. The van der Waals surface area contributed by atoms with Crippen LogP contribution in [-0.2, 0) is 11.3 Å². The van der Waals surface area contributed by atoms with Gasteiger partial charge in [-0.25, -0.2) is 4.98 Å². The number of amides is 1. The van der Waals surface area contributed by atoms with E-state index in [2.05, 4.69) is 6.58 Å². The molecule has 0 aliphatic carbocycles. The number of rotatable bonds is 8. The van der Waals surface area contributed by atoms with E-state index >= 15 is 0 Å². The van der Waals surface area contributed by atoms with Crippen molar-refractivity contribution in [2.45, 2.75) is 31.9 Å². The predicted octanol–water partition coefficient (Wildman–Crippen LogP) is 3.29. The van der Waals surface area contributed by atoms with Crippen LogP contribution in [0.25, 0.3) is 11.0 Å². The van der Waals surface area contributed by atoms with Crippen molar-refractivity contribution in [1.29, 1.82) is 0 Å². The van der Waals surface area contributed by atoms with E-state index in [0.717, 1.165) is 28.2 Å². The lowest BCUT2D eigenvalue weighted by Crippen LogP contribution is -2.26. The van der Waals surface area contributed by atoms with Crippen molar-refractivity contribution in [3.05, 3.63) is 72.6 Å². The summed E-state index contributed by atoms with van der Waals surface area (Å²) in [5.41, 5.74) is 2.86. The maximum absolute atomic E-state index is 12.4. The average molecular weight is 405 g/mol. The average Bonchev–Trinajstić information content (AvgIpc) is 3.28. The van der Waals surface area contributed by atoms with E-state index in [1.807, 2.05) is 60.0 Å². The topological polar surface area (TPSA) is 67.6 Å². The zero-order chi connectivity index (χ0) is 21.1. The van der Waals surface area contributed by atoms with Crippen LogP contribution in [0.1, 0.15) is 23.7 Å². The number of carbonyl (C=O) groups excluding carboxylic acids is 1. The smallest absolute Gasteiger partial charge is 0.223 e. The molecule has 0 saturated carbocycles. The molecule has 0 bridgehead atoms. The molecular weight excluding hydrogens is 378 g/mol. The number of imidazole rings is 1. The zero-order valence-corrected chi connectivity index (χ0v) is 17.2. The van der Waals surface area contributed by atoms with Gasteiger partial charge < -0.3 is 19.3 Å². The summed E-state index contributed by atoms with van der Waals surface area (Å²) in [6, 6.07) is 15.6. The number of hydrogen-bond acceptors (Lipinski definition) is 4. The third-order valence-electron chi connectivity index (χ3n) is 5.53. The third-order valence-corrected chi connectivity index (χ3v) is 5.53. The SMILES string of the molecule is C=CCN1C[C@H](c2nc3ccccc3n2C[C@H](O)COc2ccccc2C)CC1=O. The molecule has 0 radical (unpaired) electrons. The molecule has 0 unspecified atom stereocenters. The molecular formula is C24H27N3O3. The van der Waals surface area contributed by atoms with Gasteiger partial charge in [-0.05, 0) is 30.7 Å². The van der Waals surface area contributed by atoms with E-state index in [1.165, 1.54) is 0 Å². The van der Waals surface area contributed by atoms with Gasteiger partial charge in [0, 0.05) is 25.4 Å². The molecule has 6 nitrogen and oxygen atoms in total. The maximum atomic E-state index is 12.4. The molecule has 2 aromatic carbocycles. The number of aliphatic hydroxyl groups is 1. The van der Waals surface area contributed by atoms with Crippen LogP contribution >= 0.6 is 0 Å². The van der Waals surface area contributed by atoms with Crippen LogP contribution in [0.15, 0.2) is 61.2 Å². The summed E-state index contributed by atoms with van der Waals surface area (Å²) in [5, 5.41) is 10.7. The van der Waals surface area contributed by atoms with E-state index in [9.17, 15) is 9.90 Å². The number of benzene rings is 2. The van der Waals surface area contributed by atoms with Gasteiger partial charge in [-0.2, -0.15) is 0 Å². The second kappa shape index (κ2) is 8.71. The molecule has 2 heterocycles. The summed E-state index contributed by atoms with van der Waals surface area (Å²) in [6.45, 7) is 7.42. The number of aromatic nitrogens is 2. The highest BCUT2D eigenvalue weighted by atomic mass is 16.5. The van der Waals surface area contributed by atoms with E-state index in [4.69, 9.17) is 9.72 Å². The van der Waals surface area contributed by atoms with Crippen molar-refractivity contribution in [3.8, 4) is 5.75 Å². The molecule has 1 amide bonds. The Balaban J connectivity index is 1.55. The summed E-state index contributed by atoms with van der Waals surface area (Å²) in [6.07, 6.45) is 1.46. The molecule has 1 aromatic heterocycles. The van der Waals surface area contributed by atoms with Crippen molar-refractivity contribution in [3.63, 3.8) is 0 Å². The highest BCUT2D eigenvalue weighted by Gasteiger charge is 2.33. The van der Waals surface area contributed by atoms with Crippen LogP contribution in [0.4, 0.5) is 0 Å². The fraction of sp³-hybridized carbons (Fsp3) is 0.333. The molecule has 2 atom stereocenters. The molecule has 1 aliphatic heterocycles. The van der Waals surface area contributed by atoms with Crippen molar-refractivity contribution in [2.24, 2.45) is 0 Å². The Labute approximate surface area is 176 Å². The van der Waals surface area contributed by atoms with E-state index in [0.29, 0.717) is 26.1 Å². The van der Waals surface area contributed by atoms with Crippen LogP contribution < -0.4 is 4.74 Å². The lowest BCUT2D eigenvalue weighted by atomic mass is 10.1. The maximum Gasteiger partial charge on any atom is 0.223 e. The number of fused-ring (bicyclic) bond motifs is 1. The molecule has 6 heteroatoms. The van der Waals surface area contributed by atoms with Gasteiger partial charge >= 0.3 is 0 Å². The highest BCUT2D eigenvalue weighted by molar-refractivity contribution is 5.81. The molecule has 3 aromatic rings. The fourth-order valence-electron chi connectivity index (χ4n) is 4.04.